The average molecular weight is 293 g/mol. The minimum absolute atomic E-state index is 0.254. The van der Waals surface area contributed by atoms with Crippen molar-refractivity contribution in [3.8, 4) is 0 Å². The van der Waals surface area contributed by atoms with E-state index in [1.807, 2.05) is 25.7 Å². The number of unbranched alkanes of at least 4 members (excludes halogenated alkanes) is 1. The SMILES string of the molecule is CCCCN(CC=C(C)CCC=C(C)C)C(=O)C(C)(C)C. The highest BCUT2D eigenvalue weighted by atomic mass is 16.2. The number of amides is 1. The fraction of sp³-hybridized carbons (Fsp3) is 0.737. The van der Waals surface area contributed by atoms with Gasteiger partial charge in [-0.3, -0.25) is 4.79 Å². The van der Waals surface area contributed by atoms with E-state index >= 15 is 0 Å². The van der Waals surface area contributed by atoms with Gasteiger partial charge >= 0.3 is 0 Å². The summed E-state index contributed by atoms with van der Waals surface area (Å²) in [5.41, 5.74) is 2.45. The highest BCUT2D eigenvalue weighted by Gasteiger charge is 2.26. The number of carbonyl (C=O) groups excluding carboxylic acids is 1. The Morgan fingerprint density at radius 1 is 1.10 bits per heavy atom. The van der Waals surface area contributed by atoms with E-state index in [-0.39, 0.29) is 11.3 Å². The van der Waals surface area contributed by atoms with E-state index in [0.717, 1.165) is 38.8 Å². The molecule has 0 spiro atoms. The zero-order chi connectivity index (χ0) is 16.5. The van der Waals surface area contributed by atoms with Crippen molar-refractivity contribution in [3.63, 3.8) is 0 Å². The minimum atomic E-state index is -0.294. The molecular weight excluding hydrogens is 258 g/mol. The van der Waals surface area contributed by atoms with Crippen molar-refractivity contribution >= 4 is 5.91 Å². The first-order valence-corrected chi connectivity index (χ1v) is 8.26. The van der Waals surface area contributed by atoms with Crippen LogP contribution in [-0.2, 0) is 4.79 Å². The standard InChI is InChI=1S/C19H35NO/c1-8-9-14-20(18(21)19(5,6)7)15-13-17(4)12-10-11-16(2)3/h11,13H,8-10,12,14-15H2,1-7H3. The van der Waals surface area contributed by atoms with Gasteiger partial charge in [-0.1, -0.05) is 57.4 Å². The first-order chi connectivity index (χ1) is 9.68. The van der Waals surface area contributed by atoms with Crippen molar-refractivity contribution in [2.75, 3.05) is 13.1 Å². The van der Waals surface area contributed by atoms with Crippen LogP contribution in [0.1, 0.15) is 74.1 Å². The quantitative estimate of drug-likeness (QED) is 0.552. The summed E-state index contributed by atoms with van der Waals surface area (Å²) in [6, 6.07) is 0. The number of rotatable bonds is 8. The first kappa shape index (κ1) is 19.9. The van der Waals surface area contributed by atoms with Gasteiger partial charge in [-0.15, -0.1) is 0 Å². The highest BCUT2D eigenvalue weighted by Crippen LogP contribution is 2.18. The molecule has 0 unspecified atom stereocenters. The summed E-state index contributed by atoms with van der Waals surface area (Å²) in [7, 11) is 0. The van der Waals surface area contributed by atoms with Crippen LogP contribution in [0.4, 0.5) is 0 Å². The second-order valence-electron chi connectivity index (χ2n) is 7.23. The van der Waals surface area contributed by atoms with Crippen LogP contribution in [-0.4, -0.2) is 23.9 Å². The van der Waals surface area contributed by atoms with Crippen LogP contribution in [0.2, 0.25) is 0 Å². The monoisotopic (exact) mass is 293 g/mol. The lowest BCUT2D eigenvalue weighted by Crippen LogP contribution is -2.40. The molecule has 0 aliphatic carbocycles. The Balaban J connectivity index is 4.59. The van der Waals surface area contributed by atoms with Crippen LogP contribution in [0.25, 0.3) is 0 Å². The van der Waals surface area contributed by atoms with E-state index in [0.29, 0.717) is 0 Å². The summed E-state index contributed by atoms with van der Waals surface area (Å²) in [4.78, 5) is 14.5. The van der Waals surface area contributed by atoms with E-state index in [4.69, 9.17) is 0 Å². The molecular formula is C19H35NO. The van der Waals surface area contributed by atoms with Gasteiger partial charge in [0.15, 0.2) is 0 Å². The van der Waals surface area contributed by atoms with Crippen molar-refractivity contribution < 1.29 is 4.79 Å². The molecule has 0 aliphatic heterocycles. The minimum Gasteiger partial charge on any atom is -0.339 e. The van der Waals surface area contributed by atoms with Crippen molar-refractivity contribution in [2.24, 2.45) is 5.41 Å². The van der Waals surface area contributed by atoms with E-state index in [9.17, 15) is 4.79 Å². The summed E-state index contributed by atoms with van der Waals surface area (Å²) in [6.07, 6.45) is 8.86. The van der Waals surface area contributed by atoms with Crippen LogP contribution in [0.3, 0.4) is 0 Å². The summed E-state index contributed by atoms with van der Waals surface area (Å²) < 4.78 is 0. The molecule has 0 saturated heterocycles. The van der Waals surface area contributed by atoms with E-state index in [2.05, 4.69) is 39.8 Å². The van der Waals surface area contributed by atoms with Crippen molar-refractivity contribution in [1.29, 1.82) is 0 Å². The Morgan fingerprint density at radius 3 is 2.19 bits per heavy atom. The molecule has 0 atom stereocenters. The van der Waals surface area contributed by atoms with Crippen molar-refractivity contribution in [2.45, 2.75) is 74.1 Å². The zero-order valence-electron chi connectivity index (χ0n) is 15.3. The number of hydrogen-bond acceptors (Lipinski definition) is 1. The topological polar surface area (TPSA) is 20.3 Å². The molecule has 0 heterocycles. The van der Waals surface area contributed by atoms with Gasteiger partial charge < -0.3 is 4.90 Å². The lowest BCUT2D eigenvalue weighted by Gasteiger charge is -2.29. The van der Waals surface area contributed by atoms with Gasteiger partial charge in [0.25, 0.3) is 0 Å². The molecule has 1 amide bonds. The summed E-state index contributed by atoms with van der Waals surface area (Å²) in [6.45, 7) is 16.2. The molecule has 122 valence electrons. The number of carbonyl (C=O) groups is 1. The first-order valence-electron chi connectivity index (χ1n) is 8.26. The van der Waals surface area contributed by atoms with Gasteiger partial charge in [0, 0.05) is 18.5 Å². The van der Waals surface area contributed by atoms with E-state index < -0.39 is 0 Å². The third-order valence-electron chi connectivity index (χ3n) is 3.46. The van der Waals surface area contributed by atoms with Gasteiger partial charge in [0.2, 0.25) is 5.91 Å². The molecule has 0 rings (SSSR count). The zero-order valence-corrected chi connectivity index (χ0v) is 15.3. The largest absolute Gasteiger partial charge is 0.339 e. The summed E-state index contributed by atoms with van der Waals surface area (Å²) >= 11 is 0. The predicted molar refractivity (Wildman–Crippen MR) is 93.4 cm³/mol. The van der Waals surface area contributed by atoms with Gasteiger partial charge in [0.05, 0.1) is 0 Å². The Bertz CT molecular complexity index is 368. The normalized spacial score (nSPS) is 12.2. The molecule has 0 aliphatic rings. The van der Waals surface area contributed by atoms with Gasteiger partial charge in [-0.2, -0.15) is 0 Å². The third kappa shape index (κ3) is 9.49. The highest BCUT2D eigenvalue weighted by molar-refractivity contribution is 5.81. The third-order valence-corrected chi connectivity index (χ3v) is 3.46. The molecule has 0 aromatic carbocycles. The molecule has 21 heavy (non-hydrogen) atoms. The Kier molecular flexibility index (Phi) is 9.32. The van der Waals surface area contributed by atoms with Crippen LogP contribution in [0.15, 0.2) is 23.3 Å². The summed E-state index contributed by atoms with van der Waals surface area (Å²) in [5.74, 6) is 0.254. The molecule has 0 aromatic rings. The Hall–Kier alpha value is -1.05. The molecule has 0 bridgehead atoms. The average Bonchev–Trinajstić information content (AvgIpc) is 2.36. The van der Waals surface area contributed by atoms with E-state index in [1.165, 1.54) is 11.1 Å². The van der Waals surface area contributed by atoms with Crippen molar-refractivity contribution in [3.05, 3.63) is 23.3 Å². The predicted octanol–water partition coefficient (Wildman–Crippen LogP) is 5.35. The molecule has 0 saturated carbocycles. The van der Waals surface area contributed by atoms with Crippen LogP contribution in [0.5, 0.6) is 0 Å². The Labute approximate surface area is 132 Å². The number of allylic oxidation sites excluding steroid dienone is 3. The Morgan fingerprint density at radius 2 is 1.71 bits per heavy atom. The maximum Gasteiger partial charge on any atom is 0.228 e. The molecule has 0 aromatic heterocycles. The molecule has 0 N–H and O–H groups in total. The maximum atomic E-state index is 12.5. The van der Waals surface area contributed by atoms with Gasteiger partial charge in [-0.05, 0) is 40.0 Å². The lowest BCUT2D eigenvalue weighted by atomic mass is 9.94. The molecule has 0 radical (unpaired) electrons. The van der Waals surface area contributed by atoms with Crippen molar-refractivity contribution in [1.82, 2.24) is 4.90 Å². The summed E-state index contributed by atoms with van der Waals surface area (Å²) in [5, 5.41) is 0. The second kappa shape index (κ2) is 9.81. The fourth-order valence-corrected chi connectivity index (χ4v) is 2.06. The fourth-order valence-electron chi connectivity index (χ4n) is 2.06. The van der Waals surface area contributed by atoms with Gasteiger partial charge in [0.1, 0.15) is 0 Å². The van der Waals surface area contributed by atoms with Gasteiger partial charge in [-0.25, -0.2) is 0 Å². The van der Waals surface area contributed by atoms with Crippen LogP contribution >= 0.6 is 0 Å². The molecule has 2 heteroatoms. The lowest BCUT2D eigenvalue weighted by molar-refractivity contribution is -0.139. The van der Waals surface area contributed by atoms with E-state index in [1.54, 1.807) is 0 Å². The molecule has 0 fully saturated rings. The van der Waals surface area contributed by atoms with Crippen LogP contribution < -0.4 is 0 Å². The smallest absolute Gasteiger partial charge is 0.228 e. The number of hydrogen-bond donors (Lipinski definition) is 0. The number of nitrogens with zero attached hydrogens (tertiary/aromatic N) is 1. The van der Waals surface area contributed by atoms with Crippen LogP contribution in [0, 0.1) is 5.41 Å². The second-order valence-corrected chi connectivity index (χ2v) is 7.23. The molecule has 2 nitrogen and oxygen atoms in total. The maximum absolute atomic E-state index is 12.5.